The fraction of sp³-hybridized carbons (Fsp3) is 0.333. The molecule has 2 heteroatoms. The number of ether oxygens (including phenoxy) is 1. The van der Waals surface area contributed by atoms with Crippen molar-refractivity contribution in [3.8, 4) is 0 Å². The number of hydrogen-bond acceptors (Lipinski definition) is 1. The second-order valence-corrected chi connectivity index (χ2v) is 3.38. The van der Waals surface area contributed by atoms with Crippen molar-refractivity contribution in [3.05, 3.63) is 33.8 Å². The predicted molar refractivity (Wildman–Crippen MR) is 49.6 cm³/mol. The average Bonchev–Trinajstić information content (AvgIpc) is 1.95. The van der Waals surface area contributed by atoms with Crippen molar-refractivity contribution in [1.29, 1.82) is 0 Å². The average molecular weight is 215 g/mol. The number of benzene rings is 1. The Morgan fingerprint density at radius 2 is 2.18 bits per heavy atom. The van der Waals surface area contributed by atoms with E-state index in [4.69, 9.17) is 4.74 Å². The van der Waals surface area contributed by atoms with Gasteiger partial charge in [-0.05, 0) is 24.1 Å². The van der Waals surface area contributed by atoms with Crippen LogP contribution in [0.5, 0.6) is 0 Å². The van der Waals surface area contributed by atoms with Crippen LogP contribution in [-0.4, -0.2) is 7.11 Å². The third-order valence-corrected chi connectivity index (χ3v) is 2.25. The topological polar surface area (TPSA) is 9.23 Å². The van der Waals surface area contributed by atoms with Crippen LogP contribution < -0.4 is 0 Å². The first kappa shape index (κ1) is 8.75. The third kappa shape index (κ3) is 2.31. The zero-order valence-electron chi connectivity index (χ0n) is 6.73. The van der Waals surface area contributed by atoms with Gasteiger partial charge in [0.2, 0.25) is 0 Å². The zero-order valence-corrected chi connectivity index (χ0v) is 8.31. The highest BCUT2D eigenvalue weighted by molar-refractivity contribution is 9.10. The molecule has 1 rings (SSSR count). The van der Waals surface area contributed by atoms with Gasteiger partial charge in [-0.25, -0.2) is 0 Å². The maximum atomic E-state index is 5.02. The normalized spacial score (nSPS) is 10.1. The van der Waals surface area contributed by atoms with Crippen LogP contribution in [0.2, 0.25) is 0 Å². The lowest BCUT2D eigenvalue weighted by molar-refractivity contribution is 0.184. The fourth-order valence-corrected chi connectivity index (χ4v) is 1.53. The summed E-state index contributed by atoms with van der Waals surface area (Å²) in [5.41, 5.74) is 2.45. The molecule has 0 aliphatic heterocycles. The third-order valence-electron chi connectivity index (χ3n) is 1.51. The summed E-state index contributed by atoms with van der Waals surface area (Å²) in [6, 6.07) is 6.25. The molecule has 0 N–H and O–H groups in total. The Bertz CT molecular complexity index is 245. The highest BCUT2D eigenvalue weighted by Gasteiger charge is 1.97. The van der Waals surface area contributed by atoms with Crippen LogP contribution in [0.3, 0.4) is 0 Å². The number of rotatable bonds is 2. The first-order valence-electron chi connectivity index (χ1n) is 3.48. The van der Waals surface area contributed by atoms with Crippen molar-refractivity contribution >= 4 is 15.9 Å². The monoisotopic (exact) mass is 214 g/mol. The van der Waals surface area contributed by atoms with E-state index in [0.29, 0.717) is 6.61 Å². The molecule has 0 atom stereocenters. The molecule has 0 spiro atoms. The summed E-state index contributed by atoms with van der Waals surface area (Å²) in [5, 5.41) is 0. The van der Waals surface area contributed by atoms with Gasteiger partial charge in [0.05, 0.1) is 6.61 Å². The van der Waals surface area contributed by atoms with Crippen molar-refractivity contribution < 1.29 is 4.74 Å². The Balaban J connectivity index is 2.90. The number of halogens is 1. The first-order valence-corrected chi connectivity index (χ1v) is 4.27. The van der Waals surface area contributed by atoms with E-state index in [9.17, 15) is 0 Å². The molecule has 0 aliphatic carbocycles. The molecule has 0 aliphatic rings. The SMILES string of the molecule is COCc1ccc(C)cc1Br. The van der Waals surface area contributed by atoms with Crippen molar-refractivity contribution in [2.45, 2.75) is 13.5 Å². The van der Waals surface area contributed by atoms with Crippen molar-refractivity contribution in [2.24, 2.45) is 0 Å². The minimum absolute atomic E-state index is 0.668. The standard InChI is InChI=1S/C9H11BrO/c1-7-3-4-8(6-11-2)9(10)5-7/h3-5H,6H2,1-2H3. The summed E-state index contributed by atoms with van der Waals surface area (Å²) >= 11 is 3.47. The van der Waals surface area contributed by atoms with E-state index in [1.54, 1.807) is 7.11 Å². The highest BCUT2D eigenvalue weighted by Crippen LogP contribution is 2.18. The van der Waals surface area contributed by atoms with Crippen LogP contribution in [0.4, 0.5) is 0 Å². The van der Waals surface area contributed by atoms with E-state index in [2.05, 4.69) is 41.1 Å². The lowest BCUT2D eigenvalue weighted by atomic mass is 10.2. The number of methoxy groups -OCH3 is 1. The van der Waals surface area contributed by atoms with Crippen LogP contribution in [0, 0.1) is 6.92 Å². The van der Waals surface area contributed by atoms with Crippen molar-refractivity contribution in [1.82, 2.24) is 0 Å². The summed E-state index contributed by atoms with van der Waals surface area (Å²) in [6.45, 7) is 2.74. The van der Waals surface area contributed by atoms with E-state index in [1.165, 1.54) is 11.1 Å². The van der Waals surface area contributed by atoms with Gasteiger partial charge in [-0.3, -0.25) is 0 Å². The Morgan fingerprint density at radius 3 is 2.73 bits per heavy atom. The van der Waals surface area contributed by atoms with Gasteiger partial charge in [-0.2, -0.15) is 0 Å². The van der Waals surface area contributed by atoms with Gasteiger partial charge in [-0.15, -0.1) is 0 Å². The van der Waals surface area contributed by atoms with Crippen LogP contribution in [-0.2, 0) is 11.3 Å². The summed E-state index contributed by atoms with van der Waals surface area (Å²) in [5.74, 6) is 0. The highest BCUT2D eigenvalue weighted by atomic mass is 79.9. The van der Waals surface area contributed by atoms with Crippen LogP contribution >= 0.6 is 15.9 Å². The second-order valence-electron chi connectivity index (χ2n) is 2.53. The van der Waals surface area contributed by atoms with E-state index < -0.39 is 0 Å². The molecule has 1 aromatic rings. The largest absolute Gasteiger partial charge is 0.380 e. The van der Waals surface area contributed by atoms with Crippen molar-refractivity contribution in [2.75, 3.05) is 7.11 Å². The molecule has 0 heterocycles. The van der Waals surface area contributed by atoms with E-state index in [0.717, 1.165) is 4.47 Å². The molecule has 0 unspecified atom stereocenters. The van der Waals surface area contributed by atoms with Gasteiger partial charge >= 0.3 is 0 Å². The first-order chi connectivity index (χ1) is 5.24. The maximum Gasteiger partial charge on any atom is 0.0724 e. The van der Waals surface area contributed by atoms with Gasteiger partial charge in [0.15, 0.2) is 0 Å². The molecule has 0 aromatic heterocycles. The van der Waals surface area contributed by atoms with Crippen LogP contribution in [0.15, 0.2) is 22.7 Å². The zero-order chi connectivity index (χ0) is 8.27. The molecule has 11 heavy (non-hydrogen) atoms. The van der Waals surface area contributed by atoms with Crippen molar-refractivity contribution in [3.63, 3.8) is 0 Å². The predicted octanol–water partition coefficient (Wildman–Crippen LogP) is 2.90. The van der Waals surface area contributed by atoms with E-state index in [1.807, 2.05) is 0 Å². The summed E-state index contributed by atoms with van der Waals surface area (Å²) < 4.78 is 6.14. The summed E-state index contributed by atoms with van der Waals surface area (Å²) in [6.07, 6.45) is 0. The lowest BCUT2D eigenvalue weighted by Crippen LogP contribution is -1.88. The fourth-order valence-electron chi connectivity index (χ4n) is 0.925. The van der Waals surface area contributed by atoms with Crippen LogP contribution in [0.1, 0.15) is 11.1 Å². The minimum atomic E-state index is 0.668. The molecule has 1 nitrogen and oxygen atoms in total. The minimum Gasteiger partial charge on any atom is -0.380 e. The molecule has 0 amide bonds. The number of aryl methyl sites for hydroxylation is 1. The summed E-state index contributed by atoms with van der Waals surface area (Å²) in [4.78, 5) is 0. The molecule has 1 aromatic carbocycles. The molecular weight excluding hydrogens is 204 g/mol. The lowest BCUT2D eigenvalue weighted by Gasteiger charge is -2.02. The van der Waals surface area contributed by atoms with Gasteiger partial charge in [-0.1, -0.05) is 28.1 Å². The number of hydrogen-bond donors (Lipinski definition) is 0. The quantitative estimate of drug-likeness (QED) is 0.736. The molecule has 60 valence electrons. The molecule has 0 radical (unpaired) electrons. The van der Waals surface area contributed by atoms with Gasteiger partial charge in [0.25, 0.3) is 0 Å². The Morgan fingerprint density at radius 1 is 1.45 bits per heavy atom. The smallest absolute Gasteiger partial charge is 0.0724 e. The molecule has 0 saturated heterocycles. The van der Waals surface area contributed by atoms with Gasteiger partial charge in [0.1, 0.15) is 0 Å². The maximum absolute atomic E-state index is 5.02. The van der Waals surface area contributed by atoms with Gasteiger partial charge in [0, 0.05) is 11.6 Å². The Kier molecular flexibility index (Phi) is 3.09. The Hall–Kier alpha value is -0.340. The molecular formula is C9H11BrO. The second kappa shape index (κ2) is 3.88. The van der Waals surface area contributed by atoms with Crippen LogP contribution in [0.25, 0.3) is 0 Å². The summed E-state index contributed by atoms with van der Waals surface area (Å²) in [7, 11) is 1.70. The van der Waals surface area contributed by atoms with Gasteiger partial charge < -0.3 is 4.74 Å². The molecule has 0 saturated carbocycles. The van der Waals surface area contributed by atoms with E-state index in [-0.39, 0.29) is 0 Å². The molecule has 0 fully saturated rings. The Labute approximate surface area is 75.5 Å². The molecule has 0 bridgehead atoms. The van der Waals surface area contributed by atoms with E-state index >= 15 is 0 Å².